The molecule has 0 aliphatic carbocycles. The Bertz CT molecular complexity index is 1240. The molecular formula is C23H28N6O4S. The Balaban J connectivity index is 1.44. The van der Waals surface area contributed by atoms with E-state index < -0.39 is 0 Å². The normalized spacial score (nSPS) is 15.8. The molecule has 0 spiro atoms. The number of anilines is 1. The number of piperidine rings is 1. The second kappa shape index (κ2) is 10.6. The number of rotatable bonds is 8. The number of carbonyl (C=O) groups excluding carboxylic acids is 2. The van der Waals surface area contributed by atoms with Gasteiger partial charge in [-0.05, 0) is 37.5 Å². The first-order valence-corrected chi connectivity index (χ1v) is 12.1. The van der Waals surface area contributed by atoms with Crippen LogP contribution in [0.5, 0.6) is 5.75 Å². The summed E-state index contributed by atoms with van der Waals surface area (Å²) in [6.45, 7) is 4.03. The number of thiazole rings is 1. The highest BCUT2D eigenvalue weighted by atomic mass is 32.1. The van der Waals surface area contributed by atoms with Gasteiger partial charge in [0.2, 0.25) is 11.8 Å². The van der Waals surface area contributed by atoms with Gasteiger partial charge in [-0.2, -0.15) is 4.98 Å². The summed E-state index contributed by atoms with van der Waals surface area (Å²) >= 11 is 1.25. The lowest BCUT2D eigenvalue weighted by atomic mass is 9.97. The SMILES string of the molecule is CCNC(=O)C1CCCN(c2nc3ncn(CC(=O)NCc4cccc(OC)c4)c(=O)c3s2)C1. The summed E-state index contributed by atoms with van der Waals surface area (Å²) in [5.41, 5.74) is 0.953. The van der Waals surface area contributed by atoms with E-state index in [1.165, 1.54) is 22.2 Å². The summed E-state index contributed by atoms with van der Waals surface area (Å²) in [6, 6.07) is 7.41. The van der Waals surface area contributed by atoms with Gasteiger partial charge in [-0.3, -0.25) is 19.0 Å². The number of carbonyl (C=O) groups is 2. The maximum Gasteiger partial charge on any atom is 0.273 e. The molecule has 1 aromatic carbocycles. The quantitative estimate of drug-likeness (QED) is 0.498. The lowest BCUT2D eigenvalue weighted by Crippen LogP contribution is -2.43. The third-order valence-electron chi connectivity index (χ3n) is 5.72. The molecule has 3 heterocycles. The minimum Gasteiger partial charge on any atom is -0.497 e. The van der Waals surface area contributed by atoms with Gasteiger partial charge in [-0.15, -0.1) is 0 Å². The van der Waals surface area contributed by atoms with E-state index in [1.807, 2.05) is 36.1 Å². The van der Waals surface area contributed by atoms with Crippen molar-refractivity contribution in [3.05, 3.63) is 46.5 Å². The number of methoxy groups -OCH3 is 1. The zero-order valence-electron chi connectivity index (χ0n) is 19.2. The average molecular weight is 485 g/mol. The first-order chi connectivity index (χ1) is 16.5. The van der Waals surface area contributed by atoms with Crippen molar-refractivity contribution in [2.45, 2.75) is 32.9 Å². The standard InChI is InChI=1S/C23H28N6O4S/c1-3-24-21(31)16-7-5-9-28(12-16)23-27-20-19(34-23)22(32)29(14-26-20)13-18(30)25-11-15-6-4-8-17(10-15)33-2/h4,6,8,10,14,16H,3,5,7,9,11-13H2,1-2H3,(H,24,31)(H,25,30). The van der Waals surface area contributed by atoms with Crippen LogP contribution in [0, 0.1) is 5.92 Å². The van der Waals surface area contributed by atoms with E-state index in [-0.39, 0.29) is 29.8 Å². The highest BCUT2D eigenvalue weighted by Crippen LogP contribution is 2.29. The van der Waals surface area contributed by atoms with Gasteiger partial charge in [0.1, 0.15) is 23.3 Å². The van der Waals surface area contributed by atoms with Crippen LogP contribution in [-0.4, -0.2) is 53.1 Å². The van der Waals surface area contributed by atoms with Crippen LogP contribution in [0.2, 0.25) is 0 Å². The summed E-state index contributed by atoms with van der Waals surface area (Å²) in [6.07, 6.45) is 3.07. The predicted molar refractivity (Wildman–Crippen MR) is 130 cm³/mol. The van der Waals surface area contributed by atoms with Gasteiger partial charge in [0.25, 0.3) is 5.56 Å². The molecule has 180 valence electrons. The maximum absolute atomic E-state index is 13.0. The van der Waals surface area contributed by atoms with Crippen LogP contribution in [0.3, 0.4) is 0 Å². The number of ether oxygens (including phenoxy) is 1. The van der Waals surface area contributed by atoms with E-state index in [0.29, 0.717) is 40.9 Å². The maximum atomic E-state index is 13.0. The fourth-order valence-corrected chi connectivity index (χ4v) is 4.96. The third-order valence-corrected chi connectivity index (χ3v) is 6.82. The lowest BCUT2D eigenvalue weighted by molar-refractivity contribution is -0.125. The molecule has 1 unspecified atom stereocenters. The molecule has 2 amide bonds. The molecule has 1 fully saturated rings. The molecule has 4 rings (SSSR count). The van der Waals surface area contributed by atoms with Crippen LogP contribution in [-0.2, 0) is 22.7 Å². The molecule has 0 radical (unpaired) electrons. The van der Waals surface area contributed by atoms with Gasteiger partial charge in [0.15, 0.2) is 10.8 Å². The zero-order valence-corrected chi connectivity index (χ0v) is 20.1. The molecule has 34 heavy (non-hydrogen) atoms. The van der Waals surface area contributed by atoms with Crippen LogP contribution in [0.4, 0.5) is 5.13 Å². The molecule has 1 aliphatic rings. The van der Waals surface area contributed by atoms with E-state index in [4.69, 9.17) is 4.74 Å². The number of hydrogen-bond acceptors (Lipinski definition) is 8. The second-order valence-corrected chi connectivity index (χ2v) is 9.11. The van der Waals surface area contributed by atoms with Crippen molar-refractivity contribution >= 4 is 38.6 Å². The van der Waals surface area contributed by atoms with E-state index in [2.05, 4.69) is 20.6 Å². The number of amides is 2. The van der Waals surface area contributed by atoms with Crippen molar-refractivity contribution in [2.75, 3.05) is 31.6 Å². The molecule has 2 aromatic heterocycles. The van der Waals surface area contributed by atoms with E-state index >= 15 is 0 Å². The summed E-state index contributed by atoms with van der Waals surface area (Å²) in [5, 5.41) is 6.37. The molecule has 11 heteroatoms. The molecule has 1 aliphatic heterocycles. The summed E-state index contributed by atoms with van der Waals surface area (Å²) < 4.78 is 6.89. The minimum atomic E-state index is -0.303. The Hall–Kier alpha value is -3.47. The summed E-state index contributed by atoms with van der Waals surface area (Å²) in [4.78, 5) is 48.6. The van der Waals surface area contributed by atoms with Crippen molar-refractivity contribution in [2.24, 2.45) is 5.92 Å². The molecule has 1 atom stereocenters. The molecule has 3 aromatic rings. The summed E-state index contributed by atoms with van der Waals surface area (Å²) in [7, 11) is 1.59. The molecular weight excluding hydrogens is 456 g/mol. The van der Waals surface area contributed by atoms with Crippen LogP contribution >= 0.6 is 11.3 Å². The number of nitrogens with zero attached hydrogens (tertiary/aromatic N) is 4. The fourth-order valence-electron chi connectivity index (χ4n) is 3.96. The molecule has 10 nitrogen and oxygen atoms in total. The Morgan fingerprint density at radius 3 is 2.94 bits per heavy atom. The van der Waals surface area contributed by atoms with E-state index in [1.54, 1.807) is 7.11 Å². The van der Waals surface area contributed by atoms with Gasteiger partial charge in [-0.25, -0.2) is 4.98 Å². The second-order valence-electron chi connectivity index (χ2n) is 8.13. The first kappa shape index (κ1) is 23.7. The van der Waals surface area contributed by atoms with Crippen molar-refractivity contribution < 1.29 is 14.3 Å². The minimum absolute atomic E-state index is 0.0498. The van der Waals surface area contributed by atoms with Crippen molar-refractivity contribution in [1.82, 2.24) is 25.2 Å². The largest absolute Gasteiger partial charge is 0.497 e. The molecule has 0 bridgehead atoms. The Morgan fingerprint density at radius 2 is 2.15 bits per heavy atom. The highest BCUT2D eigenvalue weighted by molar-refractivity contribution is 7.22. The van der Waals surface area contributed by atoms with Crippen LogP contribution in [0.1, 0.15) is 25.3 Å². The topological polar surface area (TPSA) is 118 Å². The number of fused-ring (bicyclic) bond motifs is 1. The lowest BCUT2D eigenvalue weighted by Gasteiger charge is -2.31. The predicted octanol–water partition coefficient (Wildman–Crippen LogP) is 1.53. The van der Waals surface area contributed by atoms with E-state index in [0.717, 1.165) is 24.9 Å². The van der Waals surface area contributed by atoms with E-state index in [9.17, 15) is 14.4 Å². The van der Waals surface area contributed by atoms with Gasteiger partial charge >= 0.3 is 0 Å². The van der Waals surface area contributed by atoms with Gasteiger partial charge < -0.3 is 20.3 Å². The van der Waals surface area contributed by atoms with Gasteiger partial charge in [-0.1, -0.05) is 23.5 Å². The Labute approximate surface area is 201 Å². The van der Waals surface area contributed by atoms with Crippen LogP contribution in [0.25, 0.3) is 10.3 Å². The zero-order chi connectivity index (χ0) is 24.1. The first-order valence-electron chi connectivity index (χ1n) is 11.3. The Morgan fingerprint density at radius 1 is 1.29 bits per heavy atom. The van der Waals surface area contributed by atoms with Crippen LogP contribution < -0.4 is 25.8 Å². The number of benzene rings is 1. The number of nitrogens with one attached hydrogen (secondary N) is 2. The Kier molecular flexibility index (Phi) is 7.41. The van der Waals surface area contributed by atoms with Crippen molar-refractivity contribution in [3.63, 3.8) is 0 Å². The monoisotopic (exact) mass is 484 g/mol. The molecule has 0 saturated carbocycles. The third kappa shape index (κ3) is 5.36. The molecule has 1 saturated heterocycles. The van der Waals surface area contributed by atoms with Crippen molar-refractivity contribution in [1.29, 1.82) is 0 Å². The van der Waals surface area contributed by atoms with Gasteiger partial charge in [0, 0.05) is 26.2 Å². The fraction of sp³-hybridized carbons (Fsp3) is 0.435. The highest BCUT2D eigenvalue weighted by Gasteiger charge is 2.27. The van der Waals surface area contributed by atoms with Crippen LogP contribution in [0.15, 0.2) is 35.4 Å². The summed E-state index contributed by atoms with van der Waals surface area (Å²) in [5.74, 6) is 0.369. The average Bonchev–Trinajstić information content (AvgIpc) is 3.30. The van der Waals surface area contributed by atoms with Crippen molar-refractivity contribution in [3.8, 4) is 5.75 Å². The smallest absolute Gasteiger partial charge is 0.273 e. The molecule has 2 N–H and O–H groups in total. The number of hydrogen-bond donors (Lipinski definition) is 2. The van der Waals surface area contributed by atoms with Gasteiger partial charge in [0.05, 0.1) is 13.0 Å². The number of aromatic nitrogens is 3.